The maximum atomic E-state index is 11.8. The van der Waals surface area contributed by atoms with Crippen molar-refractivity contribution < 1.29 is 0 Å². The van der Waals surface area contributed by atoms with Crippen molar-refractivity contribution in [3.63, 3.8) is 0 Å². The molecule has 0 aromatic carbocycles. The highest BCUT2D eigenvalue weighted by Crippen LogP contribution is 2.17. The molecular weight excluding hydrogens is 204 g/mol. The first-order valence-corrected chi connectivity index (χ1v) is 5.68. The largest absolute Gasteiger partial charge is 0.356 e. The van der Waals surface area contributed by atoms with Gasteiger partial charge >= 0.3 is 0 Å². The fourth-order valence-corrected chi connectivity index (χ4v) is 2.06. The zero-order chi connectivity index (χ0) is 11.7. The molecule has 2 N–H and O–H groups in total. The quantitative estimate of drug-likeness (QED) is 0.786. The minimum absolute atomic E-state index is 0.0378. The Balaban J connectivity index is 2.43. The number of nitrogens with two attached hydrogens (primary N) is 1. The van der Waals surface area contributed by atoms with Gasteiger partial charge in [-0.05, 0) is 19.8 Å². The van der Waals surface area contributed by atoms with Crippen LogP contribution in [0.3, 0.4) is 0 Å². The Kier molecular flexibility index (Phi) is 2.96. The Hall–Kier alpha value is -1.36. The summed E-state index contributed by atoms with van der Waals surface area (Å²) < 4.78 is 1.52. The minimum atomic E-state index is -0.222. The molecule has 16 heavy (non-hydrogen) atoms. The third-order valence-electron chi connectivity index (χ3n) is 2.99. The molecule has 0 saturated carbocycles. The standard InChI is InChI=1S/C11H18N4O/c1-8(12)11-13-9(7-10(16)14(11)2)15-5-3-4-6-15/h7-8H,3-6,12H2,1-2H3. The SMILES string of the molecule is CC(N)c1nc(N2CCCC2)cc(=O)n1C. The van der Waals surface area contributed by atoms with Gasteiger partial charge in [0.05, 0.1) is 6.04 Å². The van der Waals surface area contributed by atoms with E-state index in [1.54, 1.807) is 13.1 Å². The Morgan fingerprint density at radius 1 is 1.44 bits per heavy atom. The highest BCUT2D eigenvalue weighted by atomic mass is 16.1. The fourth-order valence-electron chi connectivity index (χ4n) is 2.06. The van der Waals surface area contributed by atoms with Crippen molar-refractivity contribution in [1.82, 2.24) is 9.55 Å². The van der Waals surface area contributed by atoms with Gasteiger partial charge in [0, 0.05) is 26.2 Å². The Labute approximate surface area is 94.9 Å². The second-order valence-electron chi connectivity index (χ2n) is 4.35. The molecule has 1 unspecified atom stereocenters. The number of rotatable bonds is 2. The second kappa shape index (κ2) is 4.25. The first-order valence-electron chi connectivity index (χ1n) is 5.68. The van der Waals surface area contributed by atoms with Crippen LogP contribution in [-0.2, 0) is 7.05 Å². The van der Waals surface area contributed by atoms with Crippen LogP contribution < -0.4 is 16.2 Å². The summed E-state index contributed by atoms with van der Waals surface area (Å²) in [5, 5.41) is 0. The van der Waals surface area contributed by atoms with Crippen LogP contribution in [0.1, 0.15) is 31.6 Å². The molecule has 1 aromatic rings. The average Bonchev–Trinajstić information content (AvgIpc) is 2.74. The summed E-state index contributed by atoms with van der Waals surface area (Å²) >= 11 is 0. The van der Waals surface area contributed by atoms with Gasteiger partial charge in [-0.3, -0.25) is 9.36 Å². The maximum absolute atomic E-state index is 11.8. The molecule has 1 aliphatic heterocycles. The molecule has 0 spiro atoms. The van der Waals surface area contributed by atoms with E-state index >= 15 is 0 Å². The monoisotopic (exact) mass is 222 g/mol. The van der Waals surface area contributed by atoms with Crippen LogP contribution in [0.2, 0.25) is 0 Å². The van der Waals surface area contributed by atoms with Crippen molar-refractivity contribution in [2.24, 2.45) is 12.8 Å². The molecule has 5 heteroatoms. The van der Waals surface area contributed by atoms with Gasteiger partial charge in [-0.15, -0.1) is 0 Å². The van der Waals surface area contributed by atoms with E-state index in [9.17, 15) is 4.79 Å². The van der Waals surface area contributed by atoms with Gasteiger partial charge in [-0.25, -0.2) is 4.98 Å². The lowest BCUT2D eigenvalue weighted by atomic mass is 10.3. The summed E-state index contributed by atoms with van der Waals surface area (Å²) in [6.45, 7) is 3.81. The van der Waals surface area contributed by atoms with Gasteiger partial charge in [0.25, 0.3) is 5.56 Å². The Morgan fingerprint density at radius 2 is 2.06 bits per heavy atom. The molecule has 0 aliphatic carbocycles. The third-order valence-corrected chi connectivity index (χ3v) is 2.99. The molecule has 88 valence electrons. The first-order chi connectivity index (χ1) is 7.59. The third kappa shape index (κ3) is 1.95. The van der Waals surface area contributed by atoms with Crippen molar-refractivity contribution in [2.45, 2.75) is 25.8 Å². The summed E-state index contributed by atoms with van der Waals surface area (Å²) in [5.41, 5.74) is 5.77. The van der Waals surface area contributed by atoms with E-state index in [1.165, 1.54) is 17.4 Å². The molecule has 1 atom stereocenters. The van der Waals surface area contributed by atoms with Gasteiger partial charge in [0.1, 0.15) is 11.6 Å². The lowest BCUT2D eigenvalue weighted by Crippen LogP contribution is -2.29. The predicted octanol–water partition coefficient (Wildman–Crippen LogP) is 0.400. The summed E-state index contributed by atoms with van der Waals surface area (Å²) in [6.07, 6.45) is 2.34. The van der Waals surface area contributed by atoms with Gasteiger partial charge < -0.3 is 10.6 Å². The molecule has 0 amide bonds. The van der Waals surface area contributed by atoms with E-state index in [0.29, 0.717) is 5.82 Å². The molecule has 5 nitrogen and oxygen atoms in total. The zero-order valence-corrected chi connectivity index (χ0v) is 9.81. The van der Waals surface area contributed by atoms with Gasteiger partial charge in [0.15, 0.2) is 0 Å². The fraction of sp³-hybridized carbons (Fsp3) is 0.636. The zero-order valence-electron chi connectivity index (χ0n) is 9.81. The Morgan fingerprint density at radius 3 is 2.62 bits per heavy atom. The summed E-state index contributed by atoms with van der Waals surface area (Å²) in [7, 11) is 1.71. The molecule has 0 radical (unpaired) electrons. The maximum Gasteiger partial charge on any atom is 0.255 e. The molecule has 1 aromatic heterocycles. The van der Waals surface area contributed by atoms with E-state index in [4.69, 9.17) is 5.73 Å². The second-order valence-corrected chi connectivity index (χ2v) is 4.35. The van der Waals surface area contributed by atoms with Crippen molar-refractivity contribution in [3.05, 3.63) is 22.2 Å². The van der Waals surface area contributed by atoms with E-state index in [2.05, 4.69) is 9.88 Å². The number of aromatic nitrogens is 2. The normalized spacial score (nSPS) is 17.8. The minimum Gasteiger partial charge on any atom is -0.356 e. The lowest BCUT2D eigenvalue weighted by Gasteiger charge is -2.19. The van der Waals surface area contributed by atoms with E-state index in [-0.39, 0.29) is 11.6 Å². The highest BCUT2D eigenvalue weighted by Gasteiger charge is 2.17. The topological polar surface area (TPSA) is 64.2 Å². The molecule has 1 saturated heterocycles. The van der Waals surface area contributed by atoms with Gasteiger partial charge in [-0.2, -0.15) is 0 Å². The van der Waals surface area contributed by atoms with E-state index in [1.807, 2.05) is 6.92 Å². The number of nitrogens with zero attached hydrogens (tertiary/aromatic N) is 3. The van der Waals surface area contributed by atoms with E-state index < -0.39 is 0 Å². The van der Waals surface area contributed by atoms with Crippen LogP contribution in [0.4, 0.5) is 5.82 Å². The predicted molar refractivity (Wildman–Crippen MR) is 63.5 cm³/mol. The molecule has 1 aliphatic rings. The van der Waals surface area contributed by atoms with Crippen LogP contribution in [0, 0.1) is 0 Å². The van der Waals surface area contributed by atoms with Crippen LogP contribution in [-0.4, -0.2) is 22.6 Å². The van der Waals surface area contributed by atoms with Crippen LogP contribution in [0.15, 0.2) is 10.9 Å². The molecular formula is C11H18N4O. The number of hydrogen-bond donors (Lipinski definition) is 1. The summed E-state index contributed by atoms with van der Waals surface area (Å²) in [5.74, 6) is 1.42. The van der Waals surface area contributed by atoms with Gasteiger partial charge in [0.2, 0.25) is 0 Å². The Bertz CT molecular complexity index is 432. The van der Waals surface area contributed by atoms with Crippen molar-refractivity contribution >= 4 is 5.82 Å². The van der Waals surface area contributed by atoms with Crippen LogP contribution in [0.25, 0.3) is 0 Å². The number of hydrogen-bond acceptors (Lipinski definition) is 4. The van der Waals surface area contributed by atoms with E-state index in [0.717, 1.165) is 18.9 Å². The summed E-state index contributed by atoms with van der Waals surface area (Å²) in [4.78, 5) is 18.4. The van der Waals surface area contributed by atoms with Crippen molar-refractivity contribution in [2.75, 3.05) is 18.0 Å². The molecule has 2 heterocycles. The summed E-state index contributed by atoms with van der Waals surface area (Å²) in [6, 6.07) is 1.37. The molecule has 2 rings (SSSR count). The van der Waals surface area contributed by atoms with Crippen LogP contribution in [0.5, 0.6) is 0 Å². The smallest absolute Gasteiger partial charge is 0.255 e. The average molecular weight is 222 g/mol. The van der Waals surface area contributed by atoms with Crippen molar-refractivity contribution in [1.29, 1.82) is 0 Å². The molecule has 0 bridgehead atoms. The number of anilines is 1. The lowest BCUT2D eigenvalue weighted by molar-refractivity contribution is 0.643. The first kappa shape index (κ1) is 11.1. The highest BCUT2D eigenvalue weighted by molar-refractivity contribution is 5.38. The van der Waals surface area contributed by atoms with Gasteiger partial charge in [-0.1, -0.05) is 0 Å². The van der Waals surface area contributed by atoms with Crippen molar-refractivity contribution in [3.8, 4) is 0 Å². The molecule has 1 fully saturated rings. The van der Waals surface area contributed by atoms with Crippen LogP contribution >= 0.6 is 0 Å².